The van der Waals surface area contributed by atoms with Gasteiger partial charge in [-0.05, 0) is 71.4 Å². The molecule has 0 bridgehead atoms. The molecule has 0 aliphatic rings. The third-order valence-corrected chi connectivity index (χ3v) is 10.5. The molecule has 42 heavy (non-hydrogen) atoms. The van der Waals surface area contributed by atoms with Crippen LogP contribution in [0.5, 0.6) is 0 Å². The number of quaternary nitrogens is 1. The van der Waals surface area contributed by atoms with Crippen LogP contribution in [0.1, 0.15) is 60.1 Å². The first-order chi connectivity index (χ1) is 19.5. The summed E-state index contributed by atoms with van der Waals surface area (Å²) in [5.41, 5.74) is 7.57. The van der Waals surface area contributed by atoms with E-state index in [1.165, 1.54) is 27.8 Å². The molecule has 228 valence electrons. The monoisotopic (exact) mass is 652 g/mol. The van der Waals surface area contributed by atoms with Crippen molar-refractivity contribution in [2.45, 2.75) is 72.4 Å². The summed E-state index contributed by atoms with van der Waals surface area (Å²) in [5, 5.41) is 1.93. The van der Waals surface area contributed by atoms with Gasteiger partial charge in [-0.2, -0.15) is 4.31 Å². The molecule has 0 saturated carbocycles. The summed E-state index contributed by atoms with van der Waals surface area (Å²) in [6.07, 6.45) is 1.93. The normalized spacial score (nSPS) is 12.5. The van der Waals surface area contributed by atoms with Gasteiger partial charge >= 0.3 is 0 Å². The maximum absolute atomic E-state index is 11.9. The molecule has 4 aromatic carbocycles. The van der Waals surface area contributed by atoms with E-state index in [0.717, 1.165) is 59.8 Å². The number of nitrogens with zero attached hydrogens (tertiary/aromatic N) is 2. The van der Waals surface area contributed by atoms with Crippen molar-refractivity contribution in [2.75, 3.05) is 26.2 Å². The van der Waals surface area contributed by atoms with Gasteiger partial charge in [0.15, 0.2) is 0 Å². The highest BCUT2D eigenvalue weighted by Crippen LogP contribution is 2.54. The van der Waals surface area contributed by atoms with Crippen molar-refractivity contribution in [2.24, 2.45) is 0 Å². The standard InChI is InChI=1S/C36H48N2O2S.BrH/c1-7-38(8-2,27-33-24-30(5)21-31(6)25-33)19-12-11-18-37(26-32-22-28(3)20-29(4)23-32)41(39,40)36-17-13-15-34-14-9-10-16-35(34)36;/h9-10,13-17,20-25H,7-8,11-12,18-19,26-27H2,1-6H3,(H-,39,40);1H. The van der Waals surface area contributed by atoms with Crippen molar-refractivity contribution < 1.29 is 30.6 Å². The van der Waals surface area contributed by atoms with E-state index >= 15 is 0 Å². The Bertz CT molecular complexity index is 1420. The summed E-state index contributed by atoms with van der Waals surface area (Å²) in [4.78, 5) is 0.613. The van der Waals surface area contributed by atoms with Crippen LogP contribution < -0.4 is 17.0 Å². The van der Waals surface area contributed by atoms with Crippen LogP contribution >= 0.6 is 10.8 Å². The molecule has 0 atom stereocenters. The lowest BCUT2D eigenvalue weighted by Crippen LogP contribution is -3.00. The van der Waals surface area contributed by atoms with Crippen LogP contribution in [0.2, 0.25) is 0 Å². The molecule has 4 aromatic rings. The number of hydrogen-bond acceptors (Lipinski definition) is 3. The third-order valence-electron chi connectivity index (χ3n) is 8.48. The number of hydrogen-bond donors (Lipinski definition) is 2. The topological polar surface area (TPSA) is 43.7 Å². The zero-order valence-corrected chi connectivity index (χ0v) is 28.6. The largest absolute Gasteiger partial charge is 1.00 e. The Morgan fingerprint density at radius 2 is 1.24 bits per heavy atom. The summed E-state index contributed by atoms with van der Waals surface area (Å²) < 4.78 is 26.8. The zero-order valence-electron chi connectivity index (χ0n) is 26.2. The molecule has 0 radical (unpaired) electrons. The second-order valence-corrected chi connectivity index (χ2v) is 13.9. The van der Waals surface area contributed by atoms with E-state index in [2.05, 4.69) is 77.9 Å². The molecule has 4 nitrogen and oxygen atoms in total. The van der Waals surface area contributed by atoms with E-state index in [9.17, 15) is 9.11 Å². The van der Waals surface area contributed by atoms with Gasteiger partial charge in [-0.15, -0.1) is 10.8 Å². The fourth-order valence-electron chi connectivity index (χ4n) is 6.36. The maximum atomic E-state index is 11.9. The lowest BCUT2D eigenvalue weighted by molar-refractivity contribution is -0.938. The molecule has 0 spiro atoms. The van der Waals surface area contributed by atoms with E-state index in [4.69, 9.17) is 0 Å². The van der Waals surface area contributed by atoms with E-state index < -0.39 is 10.8 Å². The second-order valence-electron chi connectivity index (χ2n) is 11.9. The van der Waals surface area contributed by atoms with Gasteiger partial charge in [0.05, 0.1) is 24.5 Å². The number of unbranched alkanes of at least 4 members (excludes halogenated alkanes) is 1. The minimum Gasteiger partial charge on any atom is -1.00 e. The highest BCUT2D eigenvalue weighted by atomic mass is 79.9. The van der Waals surface area contributed by atoms with E-state index in [1.807, 2.05) is 46.8 Å². The molecule has 6 heteroatoms. The van der Waals surface area contributed by atoms with Crippen molar-refractivity contribution in [3.05, 3.63) is 112 Å². The predicted molar refractivity (Wildman–Crippen MR) is 176 cm³/mol. The van der Waals surface area contributed by atoms with Crippen molar-refractivity contribution in [1.29, 1.82) is 0 Å². The zero-order chi connectivity index (χ0) is 29.6. The molecular weight excluding hydrogens is 604 g/mol. The summed E-state index contributed by atoms with van der Waals surface area (Å²) in [6, 6.07) is 27.2. The summed E-state index contributed by atoms with van der Waals surface area (Å²) in [7, 11) is -3.21. The maximum Gasteiger partial charge on any atom is 0.104 e. The molecule has 0 heterocycles. The minimum absolute atomic E-state index is 0. The van der Waals surface area contributed by atoms with Gasteiger partial charge < -0.3 is 21.5 Å². The van der Waals surface area contributed by atoms with Gasteiger partial charge in [-0.3, -0.25) is 9.11 Å². The average Bonchev–Trinajstić information content (AvgIpc) is 2.92. The van der Waals surface area contributed by atoms with Crippen LogP contribution in [0.4, 0.5) is 0 Å². The van der Waals surface area contributed by atoms with Gasteiger partial charge in [-0.1, -0.05) is 95.1 Å². The van der Waals surface area contributed by atoms with Gasteiger partial charge in [0, 0.05) is 24.0 Å². The summed E-state index contributed by atoms with van der Waals surface area (Å²) in [5.74, 6) is 0. The van der Waals surface area contributed by atoms with Crippen LogP contribution in [0.25, 0.3) is 10.8 Å². The molecule has 0 saturated heterocycles. The van der Waals surface area contributed by atoms with Crippen molar-refractivity contribution in [1.82, 2.24) is 4.31 Å². The van der Waals surface area contributed by atoms with Crippen LogP contribution in [0.15, 0.2) is 83.8 Å². The minimum atomic E-state index is -3.21. The fourth-order valence-corrected chi connectivity index (χ4v) is 8.09. The number of aryl methyl sites for hydroxylation is 4. The van der Waals surface area contributed by atoms with Crippen LogP contribution in [-0.2, 0) is 13.1 Å². The predicted octanol–water partition coefficient (Wildman–Crippen LogP) is 6.44. The van der Waals surface area contributed by atoms with E-state index in [0.29, 0.717) is 18.0 Å². The Hall–Kier alpha value is -2.19. The molecule has 0 amide bonds. The van der Waals surface area contributed by atoms with Gasteiger partial charge in [0.25, 0.3) is 0 Å². The molecule has 0 unspecified atom stereocenters. The van der Waals surface area contributed by atoms with Crippen LogP contribution in [0, 0.1) is 27.7 Å². The Balaban J connectivity index is 0.00000484. The van der Waals surface area contributed by atoms with E-state index in [1.54, 1.807) is 0 Å². The van der Waals surface area contributed by atoms with Crippen molar-refractivity contribution in [3.63, 3.8) is 0 Å². The lowest BCUT2D eigenvalue weighted by atomic mass is 10.1. The first-order valence-corrected chi connectivity index (χ1v) is 16.6. The lowest BCUT2D eigenvalue weighted by Gasteiger charge is -2.44. The first-order valence-electron chi connectivity index (χ1n) is 15.1. The third kappa shape index (κ3) is 8.46. The Morgan fingerprint density at radius 3 is 1.83 bits per heavy atom. The first kappa shape index (κ1) is 34.3. The number of halogens is 1. The number of rotatable bonds is 13. The summed E-state index contributed by atoms with van der Waals surface area (Å²) >= 11 is 0. The molecule has 4 rings (SSSR count). The molecule has 0 aliphatic heterocycles. The summed E-state index contributed by atoms with van der Waals surface area (Å²) in [6.45, 7) is 18.6. The molecule has 0 aromatic heterocycles. The van der Waals surface area contributed by atoms with Gasteiger partial charge in [0.2, 0.25) is 0 Å². The highest BCUT2D eigenvalue weighted by molar-refractivity contribution is 8.22. The Morgan fingerprint density at radius 1 is 0.690 bits per heavy atom. The SMILES string of the molecule is CC[N+](CC)(CCCCN(Cc1cc(C)cc(C)c1)S(O)(O)c1cccc2ccccc12)Cc1cc(C)cc(C)c1.[Br-]. The van der Waals surface area contributed by atoms with Crippen molar-refractivity contribution in [3.8, 4) is 0 Å². The molecule has 0 aliphatic carbocycles. The molecule has 0 fully saturated rings. The molecular formula is C36H49BrN2O2S. The molecule has 2 N–H and O–H groups in total. The quantitative estimate of drug-likeness (QED) is 0.129. The Labute approximate surface area is 266 Å². The second kappa shape index (κ2) is 15.0. The highest BCUT2D eigenvalue weighted by Gasteiger charge is 2.28. The average molecular weight is 654 g/mol. The Kier molecular flexibility index (Phi) is 12.3. The van der Waals surface area contributed by atoms with Crippen LogP contribution in [0.3, 0.4) is 0 Å². The van der Waals surface area contributed by atoms with Crippen molar-refractivity contribution >= 4 is 21.5 Å². The van der Waals surface area contributed by atoms with E-state index in [-0.39, 0.29) is 17.0 Å². The number of fused-ring (bicyclic) bond motifs is 1. The fraction of sp³-hybridized carbons (Fsp3) is 0.389. The smallest absolute Gasteiger partial charge is 0.104 e. The number of benzene rings is 4. The van der Waals surface area contributed by atoms with Crippen LogP contribution in [-0.4, -0.2) is 44.1 Å². The van der Waals surface area contributed by atoms with Gasteiger partial charge in [-0.25, -0.2) is 0 Å². The van der Waals surface area contributed by atoms with Gasteiger partial charge in [0.1, 0.15) is 6.54 Å².